The molecular weight excluding hydrogens is 160 g/mol. The van der Waals surface area contributed by atoms with Gasteiger partial charge >= 0.3 is 0 Å². The molecule has 0 amide bonds. The van der Waals surface area contributed by atoms with Gasteiger partial charge in [-0.1, -0.05) is 12.1 Å². The van der Waals surface area contributed by atoms with Crippen LogP contribution in [0.15, 0.2) is 36.5 Å². The van der Waals surface area contributed by atoms with Gasteiger partial charge in [-0.2, -0.15) is 5.26 Å². The maximum Gasteiger partial charge on any atom is 0.0912 e. The summed E-state index contributed by atoms with van der Waals surface area (Å²) in [4.78, 5) is 3.12. The van der Waals surface area contributed by atoms with E-state index in [2.05, 4.69) is 4.98 Å². The molecule has 1 N–H and O–H groups in total. The summed E-state index contributed by atoms with van der Waals surface area (Å²) in [5.74, 6) is 0. The van der Waals surface area contributed by atoms with Gasteiger partial charge in [-0.3, -0.25) is 0 Å². The van der Waals surface area contributed by atoms with Crippen LogP contribution >= 0.6 is 0 Å². The topological polar surface area (TPSA) is 39.6 Å². The zero-order chi connectivity index (χ0) is 9.10. The third kappa shape index (κ3) is 1.45. The molecule has 0 spiro atoms. The van der Waals surface area contributed by atoms with Crippen molar-refractivity contribution in [2.75, 3.05) is 0 Å². The van der Waals surface area contributed by atoms with Gasteiger partial charge in [-0.05, 0) is 29.2 Å². The largest absolute Gasteiger partial charge is 0.361 e. The van der Waals surface area contributed by atoms with Crippen LogP contribution in [0.5, 0.6) is 0 Å². The molecule has 0 bridgehead atoms. The number of allylic oxidation sites excluding steroid dienone is 1. The van der Waals surface area contributed by atoms with Crippen molar-refractivity contribution in [3.05, 3.63) is 42.1 Å². The highest BCUT2D eigenvalue weighted by atomic mass is 14.7. The van der Waals surface area contributed by atoms with Crippen LogP contribution in [-0.2, 0) is 0 Å². The summed E-state index contributed by atoms with van der Waals surface area (Å²) in [7, 11) is 0. The predicted molar refractivity (Wildman–Crippen MR) is 52.9 cm³/mol. The van der Waals surface area contributed by atoms with E-state index in [1.807, 2.05) is 36.5 Å². The summed E-state index contributed by atoms with van der Waals surface area (Å²) in [6.45, 7) is 0. The van der Waals surface area contributed by atoms with E-state index in [0.717, 1.165) is 11.1 Å². The number of hydrogen-bond donors (Lipinski definition) is 1. The van der Waals surface area contributed by atoms with Gasteiger partial charge in [-0.25, -0.2) is 0 Å². The first-order valence-corrected chi connectivity index (χ1v) is 4.03. The molecule has 0 aliphatic carbocycles. The second kappa shape index (κ2) is 3.16. The van der Waals surface area contributed by atoms with Crippen molar-refractivity contribution in [2.24, 2.45) is 0 Å². The van der Waals surface area contributed by atoms with Crippen molar-refractivity contribution in [3.8, 4) is 6.07 Å². The van der Waals surface area contributed by atoms with Crippen LogP contribution in [0.3, 0.4) is 0 Å². The fourth-order valence-electron chi connectivity index (χ4n) is 1.30. The SMILES string of the molecule is N#C/C=C/c1ccc2cc[nH]c2c1. The summed E-state index contributed by atoms with van der Waals surface area (Å²) in [5.41, 5.74) is 2.14. The van der Waals surface area contributed by atoms with Crippen LogP contribution in [-0.4, -0.2) is 4.98 Å². The van der Waals surface area contributed by atoms with E-state index in [1.54, 1.807) is 6.08 Å². The fourth-order valence-corrected chi connectivity index (χ4v) is 1.30. The Morgan fingerprint density at radius 2 is 2.23 bits per heavy atom. The number of nitriles is 1. The van der Waals surface area contributed by atoms with E-state index in [-0.39, 0.29) is 0 Å². The van der Waals surface area contributed by atoms with Gasteiger partial charge < -0.3 is 4.98 Å². The summed E-state index contributed by atoms with van der Waals surface area (Å²) < 4.78 is 0. The number of hydrogen-bond acceptors (Lipinski definition) is 1. The molecule has 2 nitrogen and oxygen atoms in total. The molecule has 1 heterocycles. The fraction of sp³-hybridized carbons (Fsp3) is 0. The van der Waals surface area contributed by atoms with Crippen LogP contribution in [0, 0.1) is 11.3 Å². The third-order valence-electron chi connectivity index (χ3n) is 1.93. The Balaban J connectivity index is 2.49. The first-order chi connectivity index (χ1) is 6.40. The van der Waals surface area contributed by atoms with E-state index in [0.29, 0.717) is 0 Å². The Labute approximate surface area is 76.1 Å². The molecule has 2 heteroatoms. The normalized spacial score (nSPS) is 10.7. The number of fused-ring (bicyclic) bond motifs is 1. The molecule has 0 saturated carbocycles. The van der Waals surface area contributed by atoms with E-state index in [9.17, 15) is 0 Å². The van der Waals surface area contributed by atoms with Crippen molar-refractivity contribution < 1.29 is 0 Å². The zero-order valence-corrected chi connectivity index (χ0v) is 6.99. The van der Waals surface area contributed by atoms with Gasteiger partial charge in [0.15, 0.2) is 0 Å². The standard InChI is InChI=1S/C11H8N2/c12-6-1-2-9-3-4-10-5-7-13-11(10)8-9/h1-5,7-8,13H/b2-1+. The van der Waals surface area contributed by atoms with Gasteiger partial charge in [0.25, 0.3) is 0 Å². The smallest absolute Gasteiger partial charge is 0.0912 e. The number of nitrogens with one attached hydrogen (secondary N) is 1. The van der Waals surface area contributed by atoms with Gasteiger partial charge in [0, 0.05) is 17.8 Å². The molecule has 13 heavy (non-hydrogen) atoms. The maximum atomic E-state index is 8.36. The third-order valence-corrected chi connectivity index (χ3v) is 1.93. The quantitative estimate of drug-likeness (QED) is 0.653. The molecule has 0 radical (unpaired) electrons. The van der Waals surface area contributed by atoms with Crippen LogP contribution in [0.1, 0.15) is 5.56 Å². The number of aromatic amines is 1. The number of nitrogens with zero attached hydrogens (tertiary/aromatic N) is 1. The van der Waals surface area contributed by atoms with Crippen LogP contribution in [0.2, 0.25) is 0 Å². The molecule has 2 aromatic rings. The summed E-state index contributed by atoms with van der Waals surface area (Å²) in [5, 5.41) is 9.55. The van der Waals surface area contributed by atoms with E-state index in [4.69, 9.17) is 5.26 Å². The first-order valence-electron chi connectivity index (χ1n) is 4.03. The lowest BCUT2D eigenvalue weighted by Gasteiger charge is -1.92. The number of H-pyrrole nitrogens is 1. The molecule has 62 valence electrons. The molecule has 0 aliphatic heterocycles. The lowest BCUT2D eigenvalue weighted by molar-refractivity contribution is 1.47. The highest BCUT2D eigenvalue weighted by Crippen LogP contribution is 2.14. The molecular formula is C11H8N2. The molecule has 0 fully saturated rings. The lowest BCUT2D eigenvalue weighted by atomic mass is 10.1. The Morgan fingerprint density at radius 1 is 1.31 bits per heavy atom. The number of benzene rings is 1. The van der Waals surface area contributed by atoms with Crippen molar-refractivity contribution in [1.82, 2.24) is 4.98 Å². The van der Waals surface area contributed by atoms with Gasteiger partial charge in [-0.15, -0.1) is 0 Å². The minimum atomic E-state index is 1.04. The van der Waals surface area contributed by atoms with Gasteiger partial charge in [0.2, 0.25) is 0 Å². The van der Waals surface area contributed by atoms with Crippen molar-refractivity contribution in [1.29, 1.82) is 5.26 Å². The van der Waals surface area contributed by atoms with Crippen molar-refractivity contribution in [3.63, 3.8) is 0 Å². The molecule has 1 aromatic carbocycles. The van der Waals surface area contributed by atoms with Crippen LogP contribution in [0.4, 0.5) is 0 Å². The number of rotatable bonds is 1. The Morgan fingerprint density at radius 3 is 3.08 bits per heavy atom. The highest BCUT2D eigenvalue weighted by Gasteiger charge is 1.93. The lowest BCUT2D eigenvalue weighted by Crippen LogP contribution is -1.72. The minimum Gasteiger partial charge on any atom is -0.361 e. The number of aromatic nitrogens is 1. The van der Waals surface area contributed by atoms with Crippen molar-refractivity contribution >= 4 is 17.0 Å². The molecule has 0 aliphatic rings. The molecule has 2 rings (SSSR count). The van der Waals surface area contributed by atoms with Crippen LogP contribution < -0.4 is 0 Å². The average molecular weight is 168 g/mol. The molecule has 0 atom stereocenters. The molecule has 0 unspecified atom stereocenters. The summed E-state index contributed by atoms with van der Waals surface area (Å²) in [6, 6.07) is 10.0. The van der Waals surface area contributed by atoms with E-state index in [1.165, 1.54) is 11.5 Å². The predicted octanol–water partition coefficient (Wildman–Crippen LogP) is 2.70. The van der Waals surface area contributed by atoms with E-state index >= 15 is 0 Å². The van der Waals surface area contributed by atoms with Crippen molar-refractivity contribution in [2.45, 2.75) is 0 Å². The second-order valence-corrected chi connectivity index (χ2v) is 2.79. The zero-order valence-electron chi connectivity index (χ0n) is 6.99. The Hall–Kier alpha value is -2.01. The molecule has 0 saturated heterocycles. The second-order valence-electron chi connectivity index (χ2n) is 2.79. The maximum absolute atomic E-state index is 8.36. The Kier molecular flexibility index (Phi) is 1.85. The van der Waals surface area contributed by atoms with Gasteiger partial charge in [0.05, 0.1) is 6.07 Å². The van der Waals surface area contributed by atoms with Crippen LogP contribution in [0.25, 0.3) is 17.0 Å². The first kappa shape index (κ1) is 7.63. The summed E-state index contributed by atoms with van der Waals surface area (Å²) >= 11 is 0. The van der Waals surface area contributed by atoms with Gasteiger partial charge in [0.1, 0.15) is 0 Å². The monoisotopic (exact) mass is 168 g/mol. The minimum absolute atomic E-state index is 1.04. The average Bonchev–Trinajstić information content (AvgIpc) is 2.61. The summed E-state index contributed by atoms with van der Waals surface area (Å²) in [6.07, 6.45) is 5.17. The molecule has 1 aromatic heterocycles. The Bertz CT molecular complexity index is 486. The highest BCUT2D eigenvalue weighted by molar-refractivity contribution is 5.81. The van der Waals surface area contributed by atoms with E-state index < -0.39 is 0 Å².